The highest BCUT2D eigenvalue weighted by Crippen LogP contribution is 2.20. The van der Waals surface area contributed by atoms with Gasteiger partial charge in [-0.1, -0.05) is 13.3 Å². The standard InChI is InChI=1S/C12H19N3O2/c1-3-6-9(13)11(16)15-10-7-5-8-14-12(10)17-4-2/h5,7-9H,3-4,6,13H2,1-2H3,(H,15,16). The van der Waals surface area contributed by atoms with Gasteiger partial charge in [-0.3, -0.25) is 4.79 Å². The van der Waals surface area contributed by atoms with E-state index in [1.54, 1.807) is 18.3 Å². The first-order valence-electron chi connectivity index (χ1n) is 5.83. The Labute approximate surface area is 101 Å². The number of hydrogen-bond acceptors (Lipinski definition) is 4. The van der Waals surface area contributed by atoms with E-state index in [-0.39, 0.29) is 5.91 Å². The lowest BCUT2D eigenvalue weighted by molar-refractivity contribution is -0.117. The molecule has 1 aromatic heterocycles. The molecule has 1 aromatic rings. The average Bonchev–Trinajstić information content (AvgIpc) is 2.32. The number of rotatable bonds is 6. The second kappa shape index (κ2) is 6.85. The molecule has 1 amide bonds. The third-order valence-corrected chi connectivity index (χ3v) is 2.25. The molecule has 1 unspecified atom stereocenters. The first-order valence-corrected chi connectivity index (χ1v) is 5.83. The van der Waals surface area contributed by atoms with Gasteiger partial charge < -0.3 is 15.8 Å². The molecule has 0 saturated heterocycles. The number of anilines is 1. The Bertz CT molecular complexity index is 369. The van der Waals surface area contributed by atoms with Crippen molar-refractivity contribution in [1.29, 1.82) is 0 Å². The van der Waals surface area contributed by atoms with Crippen molar-refractivity contribution in [3.63, 3.8) is 0 Å². The summed E-state index contributed by atoms with van der Waals surface area (Å²) in [5, 5.41) is 2.73. The Kier molecular flexibility index (Phi) is 5.42. The molecule has 1 atom stereocenters. The maximum absolute atomic E-state index is 11.7. The maximum Gasteiger partial charge on any atom is 0.241 e. The predicted octanol–water partition coefficient (Wildman–Crippen LogP) is 1.55. The van der Waals surface area contributed by atoms with E-state index in [0.717, 1.165) is 6.42 Å². The van der Waals surface area contributed by atoms with Gasteiger partial charge in [-0.25, -0.2) is 4.98 Å². The van der Waals surface area contributed by atoms with Gasteiger partial charge in [0.25, 0.3) is 0 Å². The van der Waals surface area contributed by atoms with Gasteiger partial charge >= 0.3 is 0 Å². The van der Waals surface area contributed by atoms with Crippen LogP contribution in [0.3, 0.4) is 0 Å². The predicted molar refractivity (Wildman–Crippen MR) is 66.9 cm³/mol. The average molecular weight is 237 g/mol. The fourth-order valence-corrected chi connectivity index (χ4v) is 1.41. The summed E-state index contributed by atoms with van der Waals surface area (Å²) in [6.45, 7) is 4.35. The highest BCUT2D eigenvalue weighted by molar-refractivity contribution is 5.95. The fraction of sp³-hybridized carbons (Fsp3) is 0.500. The molecule has 0 spiro atoms. The van der Waals surface area contributed by atoms with E-state index in [2.05, 4.69) is 10.3 Å². The van der Waals surface area contributed by atoms with Crippen molar-refractivity contribution in [1.82, 2.24) is 4.98 Å². The van der Waals surface area contributed by atoms with E-state index in [1.165, 1.54) is 0 Å². The molecular weight excluding hydrogens is 218 g/mol. The van der Waals surface area contributed by atoms with E-state index in [9.17, 15) is 4.79 Å². The Hall–Kier alpha value is -1.62. The molecular formula is C12H19N3O2. The molecule has 0 radical (unpaired) electrons. The van der Waals surface area contributed by atoms with Gasteiger partial charge in [-0.2, -0.15) is 0 Å². The van der Waals surface area contributed by atoms with Crippen molar-refractivity contribution in [2.45, 2.75) is 32.7 Å². The highest BCUT2D eigenvalue weighted by atomic mass is 16.5. The molecule has 0 aliphatic carbocycles. The SMILES string of the molecule is CCCC(N)C(=O)Nc1cccnc1OCC. The highest BCUT2D eigenvalue weighted by Gasteiger charge is 2.14. The number of carbonyl (C=O) groups excluding carboxylic acids is 1. The largest absolute Gasteiger partial charge is 0.476 e. The van der Waals surface area contributed by atoms with Crippen LogP contribution in [-0.4, -0.2) is 23.5 Å². The van der Waals surface area contributed by atoms with Crippen LogP contribution in [0.25, 0.3) is 0 Å². The van der Waals surface area contributed by atoms with Crippen LogP contribution < -0.4 is 15.8 Å². The summed E-state index contributed by atoms with van der Waals surface area (Å²) in [4.78, 5) is 15.8. The Morgan fingerprint density at radius 3 is 3.00 bits per heavy atom. The van der Waals surface area contributed by atoms with E-state index in [1.807, 2.05) is 13.8 Å². The van der Waals surface area contributed by atoms with Crippen LogP contribution in [0.15, 0.2) is 18.3 Å². The van der Waals surface area contributed by atoms with Crippen LogP contribution >= 0.6 is 0 Å². The first-order chi connectivity index (χ1) is 8.19. The number of hydrogen-bond donors (Lipinski definition) is 2. The topological polar surface area (TPSA) is 77.2 Å². The molecule has 17 heavy (non-hydrogen) atoms. The molecule has 3 N–H and O–H groups in total. The van der Waals surface area contributed by atoms with Gasteiger partial charge in [-0.15, -0.1) is 0 Å². The summed E-state index contributed by atoms with van der Waals surface area (Å²) in [5.41, 5.74) is 6.29. The summed E-state index contributed by atoms with van der Waals surface area (Å²) >= 11 is 0. The zero-order valence-electron chi connectivity index (χ0n) is 10.3. The molecule has 0 bridgehead atoms. The number of nitrogens with one attached hydrogen (secondary N) is 1. The van der Waals surface area contributed by atoms with Crippen molar-refractivity contribution in [2.75, 3.05) is 11.9 Å². The fourth-order valence-electron chi connectivity index (χ4n) is 1.41. The molecule has 94 valence electrons. The van der Waals surface area contributed by atoms with E-state index in [4.69, 9.17) is 10.5 Å². The summed E-state index contributed by atoms with van der Waals surface area (Å²) in [7, 11) is 0. The summed E-state index contributed by atoms with van der Waals surface area (Å²) < 4.78 is 5.31. The van der Waals surface area contributed by atoms with Crippen molar-refractivity contribution >= 4 is 11.6 Å². The Morgan fingerprint density at radius 1 is 1.59 bits per heavy atom. The molecule has 5 nitrogen and oxygen atoms in total. The quantitative estimate of drug-likeness (QED) is 0.787. The first kappa shape index (κ1) is 13.4. The van der Waals surface area contributed by atoms with Crippen LogP contribution in [0.2, 0.25) is 0 Å². The van der Waals surface area contributed by atoms with Gasteiger partial charge in [0.2, 0.25) is 11.8 Å². The molecule has 1 rings (SSSR count). The number of pyridine rings is 1. The second-order valence-electron chi connectivity index (χ2n) is 3.67. The minimum absolute atomic E-state index is 0.208. The van der Waals surface area contributed by atoms with Crippen LogP contribution in [0.1, 0.15) is 26.7 Å². The summed E-state index contributed by atoms with van der Waals surface area (Å²) in [6.07, 6.45) is 3.16. The van der Waals surface area contributed by atoms with E-state index in [0.29, 0.717) is 24.6 Å². The molecule has 5 heteroatoms. The van der Waals surface area contributed by atoms with Gasteiger partial charge in [0, 0.05) is 6.20 Å². The van der Waals surface area contributed by atoms with Crippen LogP contribution in [0.4, 0.5) is 5.69 Å². The lowest BCUT2D eigenvalue weighted by Gasteiger charge is -2.13. The van der Waals surface area contributed by atoms with Crippen LogP contribution in [0.5, 0.6) is 5.88 Å². The van der Waals surface area contributed by atoms with Gasteiger partial charge in [-0.05, 0) is 25.5 Å². The smallest absolute Gasteiger partial charge is 0.241 e. The molecule has 0 fully saturated rings. The van der Waals surface area contributed by atoms with Crippen molar-refractivity contribution < 1.29 is 9.53 Å². The van der Waals surface area contributed by atoms with Crippen molar-refractivity contribution in [2.24, 2.45) is 5.73 Å². The number of nitrogens with two attached hydrogens (primary N) is 1. The number of aromatic nitrogens is 1. The van der Waals surface area contributed by atoms with E-state index >= 15 is 0 Å². The number of amides is 1. The monoisotopic (exact) mass is 237 g/mol. The zero-order valence-corrected chi connectivity index (χ0v) is 10.3. The minimum atomic E-state index is -0.491. The Balaban J connectivity index is 2.70. The molecule has 0 aliphatic rings. The maximum atomic E-state index is 11.7. The van der Waals surface area contributed by atoms with Crippen molar-refractivity contribution in [3.05, 3.63) is 18.3 Å². The van der Waals surface area contributed by atoms with E-state index < -0.39 is 6.04 Å². The Morgan fingerprint density at radius 2 is 2.35 bits per heavy atom. The minimum Gasteiger partial charge on any atom is -0.476 e. The third kappa shape index (κ3) is 4.03. The van der Waals surface area contributed by atoms with Gasteiger partial charge in [0.1, 0.15) is 5.69 Å². The molecule has 0 aliphatic heterocycles. The normalized spacial score (nSPS) is 11.9. The second-order valence-corrected chi connectivity index (χ2v) is 3.67. The molecule has 0 aromatic carbocycles. The number of carbonyl (C=O) groups is 1. The van der Waals surface area contributed by atoms with Gasteiger partial charge in [0.05, 0.1) is 12.6 Å². The van der Waals surface area contributed by atoms with Gasteiger partial charge in [0.15, 0.2) is 0 Å². The third-order valence-electron chi connectivity index (χ3n) is 2.25. The lowest BCUT2D eigenvalue weighted by atomic mass is 10.1. The van der Waals surface area contributed by atoms with Crippen LogP contribution in [0, 0.1) is 0 Å². The molecule has 1 heterocycles. The van der Waals surface area contributed by atoms with Crippen molar-refractivity contribution in [3.8, 4) is 5.88 Å². The lowest BCUT2D eigenvalue weighted by Crippen LogP contribution is -2.35. The zero-order chi connectivity index (χ0) is 12.7. The number of nitrogens with zero attached hydrogens (tertiary/aromatic N) is 1. The summed E-state index contributed by atoms with van der Waals surface area (Å²) in [6, 6.07) is 2.99. The summed E-state index contributed by atoms with van der Waals surface area (Å²) in [5.74, 6) is 0.216. The number of ether oxygens (including phenoxy) is 1. The van der Waals surface area contributed by atoms with Crippen LogP contribution in [-0.2, 0) is 4.79 Å². The molecule has 0 saturated carbocycles.